The Morgan fingerprint density at radius 2 is 1.79 bits per heavy atom. The van der Waals surface area contributed by atoms with Gasteiger partial charge in [0.2, 0.25) is 0 Å². The molecule has 1 atom stereocenters. The fourth-order valence-corrected chi connectivity index (χ4v) is 2.14. The molecular formula is C12H27NS. The van der Waals surface area contributed by atoms with Crippen molar-refractivity contribution in [3.63, 3.8) is 0 Å². The van der Waals surface area contributed by atoms with Crippen LogP contribution < -0.4 is 0 Å². The topological polar surface area (TPSA) is 3.24 Å². The summed E-state index contributed by atoms with van der Waals surface area (Å²) in [6, 6.07) is 0. The van der Waals surface area contributed by atoms with Crippen LogP contribution in [0.15, 0.2) is 0 Å². The Hall–Kier alpha value is 0.310. The zero-order valence-corrected chi connectivity index (χ0v) is 11.4. The van der Waals surface area contributed by atoms with Crippen LogP contribution in [0.5, 0.6) is 0 Å². The summed E-state index contributed by atoms with van der Waals surface area (Å²) in [5.41, 5.74) is 0.418. The molecule has 0 radical (unpaired) electrons. The lowest BCUT2D eigenvalue weighted by molar-refractivity contribution is 0.215. The fourth-order valence-electron chi connectivity index (χ4n) is 1.69. The lowest BCUT2D eigenvalue weighted by Crippen LogP contribution is -2.30. The average molecular weight is 217 g/mol. The molecule has 0 heterocycles. The summed E-state index contributed by atoms with van der Waals surface area (Å²) < 4.78 is 0. The largest absolute Gasteiger partial charge is 0.306 e. The predicted octanol–water partition coefficient (Wildman–Crippen LogP) is 3.31. The van der Waals surface area contributed by atoms with Crippen molar-refractivity contribution in [2.75, 3.05) is 25.9 Å². The highest BCUT2D eigenvalue weighted by atomic mass is 32.1. The minimum atomic E-state index is 0.418. The summed E-state index contributed by atoms with van der Waals surface area (Å²) in [6.45, 7) is 11.6. The van der Waals surface area contributed by atoms with E-state index in [-0.39, 0.29) is 0 Å². The zero-order chi connectivity index (χ0) is 11.2. The van der Waals surface area contributed by atoms with Gasteiger partial charge in [0.05, 0.1) is 0 Å². The van der Waals surface area contributed by atoms with E-state index >= 15 is 0 Å². The Kier molecular flexibility index (Phi) is 6.88. The number of nitrogens with zero attached hydrogens (tertiary/aromatic N) is 1. The van der Waals surface area contributed by atoms with Gasteiger partial charge in [-0.25, -0.2) is 0 Å². The maximum atomic E-state index is 4.26. The first-order valence-electron chi connectivity index (χ1n) is 5.64. The van der Waals surface area contributed by atoms with E-state index in [2.05, 4.69) is 52.3 Å². The summed E-state index contributed by atoms with van der Waals surface area (Å²) >= 11 is 4.26. The van der Waals surface area contributed by atoms with E-state index in [0.29, 0.717) is 5.41 Å². The van der Waals surface area contributed by atoms with E-state index in [1.54, 1.807) is 0 Å². The van der Waals surface area contributed by atoms with Crippen molar-refractivity contribution in [2.24, 2.45) is 11.3 Å². The number of hydrogen-bond acceptors (Lipinski definition) is 2. The van der Waals surface area contributed by atoms with Gasteiger partial charge in [-0.3, -0.25) is 0 Å². The van der Waals surface area contributed by atoms with Gasteiger partial charge in [-0.2, -0.15) is 12.6 Å². The van der Waals surface area contributed by atoms with Crippen LogP contribution in [0.1, 0.15) is 40.5 Å². The molecule has 1 unspecified atom stereocenters. The second-order valence-corrected chi connectivity index (χ2v) is 6.15. The standard InChI is InChI=1S/C12H27NS/c1-11(7-9-14)6-8-13(5)10-12(2,3)4/h11,14H,6-10H2,1-5H3. The van der Waals surface area contributed by atoms with Gasteiger partial charge in [-0.1, -0.05) is 27.7 Å². The third-order valence-electron chi connectivity index (χ3n) is 2.37. The number of thiol groups is 1. The molecule has 0 aromatic carbocycles. The molecule has 0 N–H and O–H groups in total. The Balaban J connectivity index is 3.58. The van der Waals surface area contributed by atoms with Gasteiger partial charge in [0, 0.05) is 6.54 Å². The van der Waals surface area contributed by atoms with Gasteiger partial charge in [-0.05, 0) is 43.5 Å². The fraction of sp³-hybridized carbons (Fsp3) is 1.00. The van der Waals surface area contributed by atoms with Gasteiger partial charge in [0.15, 0.2) is 0 Å². The molecule has 0 aliphatic heterocycles. The Morgan fingerprint density at radius 3 is 2.21 bits per heavy atom. The van der Waals surface area contributed by atoms with Crippen LogP contribution in [-0.2, 0) is 0 Å². The predicted molar refractivity (Wildman–Crippen MR) is 69.2 cm³/mol. The molecule has 86 valence electrons. The van der Waals surface area contributed by atoms with Crippen LogP contribution in [-0.4, -0.2) is 30.8 Å². The second-order valence-electron chi connectivity index (χ2n) is 5.70. The van der Waals surface area contributed by atoms with Crippen LogP contribution in [0.3, 0.4) is 0 Å². The van der Waals surface area contributed by atoms with E-state index in [9.17, 15) is 0 Å². The molecule has 0 aliphatic carbocycles. The smallest absolute Gasteiger partial charge is 0.00270 e. The molecule has 0 amide bonds. The first kappa shape index (κ1) is 14.3. The van der Waals surface area contributed by atoms with Gasteiger partial charge in [0.1, 0.15) is 0 Å². The van der Waals surface area contributed by atoms with Crippen molar-refractivity contribution in [2.45, 2.75) is 40.5 Å². The first-order chi connectivity index (χ1) is 6.35. The summed E-state index contributed by atoms with van der Waals surface area (Å²) in [7, 11) is 2.22. The third kappa shape index (κ3) is 8.89. The summed E-state index contributed by atoms with van der Waals surface area (Å²) in [5.74, 6) is 1.83. The average Bonchev–Trinajstić information content (AvgIpc) is 1.98. The summed E-state index contributed by atoms with van der Waals surface area (Å²) in [4.78, 5) is 2.44. The quantitative estimate of drug-likeness (QED) is 0.668. The molecule has 0 fully saturated rings. The first-order valence-corrected chi connectivity index (χ1v) is 6.28. The Labute approximate surface area is 95.7 Å². The molecule has 0 bridgehead atoms. The minimum Gasteiger partial charge on any atom is -0.306 e. The van der Waals surface area contributed by atoms with Gasteiger partial charge >= 0.3 is 0 Å². The summed E-state index contributed by atoms with van der Waals surface area (Å²) in [5, 5.41) is 0. The molecule has 0 spiro atoms. The monoisotopic (exact) mass is 217 g/mol. The van der Waals surface area contributed by atoms with Crippen molar-refractivity contribution < 1.29 is 0 Å². The van der Waals surface area contributed by atoms with Crippen molar-refractivity contribution in [1.29, 1.82) is 0 Å². The molecule has 0 rings (SSSR count). The van der Waals surface area contributed by atoms with Gasteiger partial charge in [0.25, 0.3) is 0 Å². The molecule has 0 aliphatic rings. The van der Waals surface area contributed by atoms with Gasteiger partial charge in [-0.15, -0.1) is 0 Å². The van der Waals surface area contributed by atoms with Crippen molar-refractivity contribution in [3.05, 3.63) is 0 Å². The molecule has 14 heavy (non-hydrogen) atoms. The minimum absolute atomic E-state index is 0.418. The zero-order valence-electron chi connectivity index (χ0n) is 10.5. The summed E-state index contributed by atoms with van der Waals surface area (Å²) in [6.07, 6.45) is 2.54. The highest BCUT2D eigenvalue weighted by Gasteiger charge is 2.13. The van der Waals surface area contributed by atoms with Crippen LogP contribution in [0.25, 0.3) is 0 Å². The van der Waals surface area contributed by atoms with E-state index in [0.717, 1.165) is 11.7 Å². The van der Waals surface area contributed by atoms with E-state index < -0.39 is 0 Å². The van der Waals surface area contributed by atoms with E-state index in [4.69, 9.17) is 0 Å². The maximum Gasteiger partial charge on any atom is 0.00270 e. The normalized spacial score (nSPS) is 14.8. The molecule has 2 heteroatoms. The maximum absolute atomic E-state index is 4.26. The van der Waals surface area contributed by atoms with E-state index in [1.807, 2.05) is 0 Å². The molecule has 0 saturated carbocycles. The van der Waals surface area contributed by atoms with Crippen LogP contribution in [0.2, 0.25) is 0 Å². The van der Waals surface area contributed by atoms with Crippen LogP contribution >= 0.6 is 12.6 Å². The number of rotatable bonds is 6. The van der Waals surface area contributed by atoms with Crippen molar-refractivity contribution in [3.8, 4) is 0 Å². The molecule has 0 aromatic rings. The Bertz CT molecular complexity index is 140. The Morgan fingerprint density at radius 1 is 1.21 bits per heavy atom. The lowest BCUT2D eigenvalue weighted by Gasteiger charge is -2.27. The number of hydrogen-bond donors (Lipinski definition) is 1. The molecule has 0 aromatic heterocycles. The van der Waals surface area contributed by atoms with Gasteiger partial charge < -0.3 is 4.90 Å². The van der Waals surface area contributed by atoms with Crippen LogP contribution in [0.4, 0.5) is 0 Å². The molecule has 1 nitrogen and oxygen atoms in total. The van der Waals surface area contributed by atoms with Crippen molar-refractivity contribution >= 4 is 12.6 Å². The lowest BCUT2D eigenvalue weighted by atomic mass is 9.96. The molecule has 0 saturated heterocycles. The third-order valence-corrected chi connectivity index (χ3v) is 2.63. The highest BCUT2D eigenvalue weighted by molar-refractivity contribution is 7.80. The van der Waals surface area contributed by atoms with E-state index in [1.165, 1.54) is 25.9 Å². The molecular weight excluding hydrogens is 190 g/mol. The second kappa shape index (κ2) is 6.73. The van der Waals surface area contributed by atoms with Crippen molar-refractivity contribution in [1.82, 2.24) is 4.90 Å². The SMILES string of the molecule is CC(CCS)CCN(C)CC(C)(C)C. The highest BCUT2D eigenvalue weighted by Crippen LogP contribution is 2.15. The van der Waals surface area contributed by atoms with Crippen LogP contribution in [0, 0.1) is 11.3 Å².